The van der Waals surface area contributed by atoms with Crippen LogP contribution in [0.2, 0.25) is 0 Å². The molecule has 0 bridgehead atoms. The molecule has 0 saturated heterocycles. The summed E-state index contributed by atoms with van der Waals surface area (Å²) in [5.74, 6) is 1.72. The number of rotatable bonds is 9. The van der Waals surface area contributed by atoms with E-state index in [0.717, 1.165) is 37.8 Å². The number of hydrogen-bond acceptors (Lipinski definition) is 3. The quantitative estimate of drug-likeness (QED) is 0.270. The van der Waals surface area contributed by atoms with Crippen LogP contribution >= 0.6 is 24.0 Å². The largest absolute Gasteiger partial charge is 0.467 e. The Morgan fingerprint density at radius 3 is 2.43 bits per heavy atom. The van der Waals surface area contributed by atoms with Crippen LogP contribution in [0.15, 0.2) is 27.8 Å². The predicted molar refractivity (Wildman–Crippen MR) is 109 cm³/mol. The van der Waals surface area contributed by atoms with E-state index < -0.39 is 0 Å². The normalized spacial score (nSPS) is 11.9. The maximum atomic E-state index is 5.30. The summed E-state index contributed by atoms with van der Waals surface area (Å²) in [6, 6.07) is 5.00. The molecular weight excluding hydrogens is 403 g/mol. The van der Waals surface area contributed by atoms with Crippen molar-refractivity contribution in [3.8, 4) is 0 Å². The Hall–Kier alpha value is -0.760. The zero-order valence-corrected chi connectivity index (χ0v) is 17.5. The fourth-order valence-corrected chi connectivity index (χ4v) is 2.48. The maximum Gasteiger partial charge on any atom is 0.191 e. The molecule has 0 aliphatic carbocycles. The van der Waals surface area contributed by atoms with Crippen molar-refractivity contribution < 1.29 is 4.42 Å². The first-order valence-electron chi connectivity index (χ1n) is 8.34. The number of guanidine groups is 1. The molecule has 0 aromatic carbocycles. The zero-order valence-electron chi connectivity index (χ0n) is 15.1. The fraction of sp³-hybridized carbons (Fsp3) is 0.706. The molecule has 0 amide bonds. The Kier molecular flexibility index (Phi) is 12.2. The van der Waals surface area contributed by atoms with Gasteiger partial charge in [0, 0.05) is 31.7 Å². The third-order valence-corrected chi connectivity index (χ3v) is 3.53. The summed E-state index contributed by atoms with van der Waals surface area (Å²) in [4.78, 5) is 7.04. The Morgan fingerprint density at radius 2 is 1.91 bits per heavy atom. The lowest BCUT2D eigenvalue weighted by Crippen LogP contribution is -2.41. The molecule has 0 aliphatic rings. The lowest BCUT2D eigenvalue weighted by Gasteiger charge is -2.30. The lowest BCUT2D eigenvalue weighted by atomic mass is 10.2. The number of aliphatic imine (C=N–C) groups is 1. The summed E-state index contributed by atoms with van der Waals surface area (Å²) in [6.07, 6.45) is 2.78. The Labute approximate surface area is 158 Å². The van der Waals surface area contributed by atoms with Crippen LogP contribution in [-0.2, 0) is 6.54 Å². The van der Waals surface area contributed by atoms with Gasteiger partial charge in [-0.1, -0.05) is 0 Å². The minimum absolute atomic E-state index is 0. The second-order valence-electron chi connectivity index (χ2n) is 5.98. The SMILES string of the molecule is CCNC(=NCc1ccco1)NCCCN(C(C)C)C(C)C.I. The number of halogens is 1. The molecule has 1 heterocycles. The summed E-state index contributed by atoms with van der Waals surface area (Å²) < 4.78 is 5.30. The van der Waals surface area contributed by atoms with Gasteiger partial charge in [0.05, 0.1) is 6.26 Å². The molecule has 0 aliphatic heterocycles. The van der Waals surface area contributed by atoms with Crippen molar-refractivity contribution in [2.75, 3.05) is 19.6 Å². The van der Waals surface area contributed by atoms with Gasteiger partial charge in [0.25, 0.3) is 0 Å². The fourth-order valence-electron chi connectivity index (χ4n) is 2.48. The van der Waals surface area contributed by atoms with Crippen molar-refractivity contribution in [1.29, 1.82) is 0 Å². The highest BCUT2D eigenvalue weighted by Gasteiger charge is 2.12. The molecule has 0 saturated carbocycles. The van der Waals surface area contributed by atoms with E-state index in [-0.39, 0.29) is 24.0 Å². The first kappa shape index (κ1) is 22.2. The van der Waals surface area contributed by atoms with Gasteiger partial charge in [-0.3, -0.25) is 4.90 Å². The molecule has 0 spiro atoms. The number of nitrogens with zero attached hydrogens (tertiary/aromatic N) is 2. The average molecular weight is 436 g/mol. The van der Waals surface area contributed by atoms with Gasteiger partial charge in [-0.15, -0.1) is 24.0 Å². The highest BCUT2D eigenvalue weighted by Crippen LogP contribution is 2.05. The van der Waals surface area contributed by atoms with E-state index in [1.807, 2.05) is 12.1 Å². The van der Waals surface area contributed by atoms with Crippen molar-refractivity contribution in [1.82, 2.24) is 15.5 Å². The highest BCUT2D eigenvalue weighted by molar-refractivity contribution is 14.0. The molecular formula is C17H33IN4O. The summed E-state index contributed by atoms with van der Waals surface area (Å²) in [5, 5.41) is 6.65. The standard InChI is InChI=1S/C17H32N4O.HI/c1-6-18-17(20-13-16-9-7-12-22-16)19-10-8-11-21(14(2)3)15(4)5;/h7,9,12,14-15H,6,8,10-11,13H2,1-5H3,(H2,18,19,20);1H. The minimum atomic E-state index is 0. The van der Waals surface area contributed by atoms with Crippen LogP contribution in [-0.4, -0.2) is 42.6 Å². The van der Waals surface area contributed by atoms with Crippen molar-refractivity contribution in [3.63, 3.8) is 0 Å². The maximum absolute atomic E-state index is 5.30. The van der Waals surface area contributed by atoms with Gasteiger partial charge in [0.2, 0.25) is 0 Å². The second-order valence-corrected chi connectivity index (χ2v) is 5.98. The van der Waals surface area contributed by atoms with Gasteiger partial charge in [-0.05, 0) is 53.2 Å². The molecule has 5 nitrogen and oxygen atoms in total. The van der Waals surface area contributed by atoms with E-state index in [9.17, 15) is 0 Å². The number of nitrogens with one attached hydrogen (secondary N) is 2. The van der Waals surface area contributed by atoms with Crippen LogP contribution in [0.25, 0.3) is 0 Å². The molecule has 0 atom stereocenters. The first-order chi connectivity index (χ1) is 10.5. The average Bonchev–Trinajstić information content (AvgIpc) is 2.96. The van der Waals surface area contributed by atoms with E-state index in [1.54, 1.807) is 6.26 Å². The number of furan rings is 1. The van der Waals surface area contributed by atoms with Gasteiger partial charge in [0.1, 0.15) is 12.3 Å². The smallest absolute Gasteiger partial charge is 0.191 e. The molecule has 23 heavy (non-hydrogen) atoms. The van der Waals surface area contributed by atoms with E-state index in [2.05, 4.69) is 55.1 Å². The van der Waals surface area contributed by atoms with Crippen LogP contribution in [0.4, 0.5) is 0 Å². The van der Waals surface area contributed by atoms with Crippen LogP contribution in [0, 0.1) is 0 Å². The van der Waals surface area contributed by atoms with Crippen LogP contribution in [0.3, 0.4) is 0 Å². The van der Waals surface area contributed by atoms with E-state index in [4.69, 9.17) is 4.42 Å². The molecule has 0 unspecified atom stereocenters. The van der Waals surface area contributed by atoms with Gasteiger partial charge >= 0.3 is 0 Å². The molecule has 0 fully saturated rings. The van der Waals surface area contributed by atoms with Crippen LogP contribution in [0.1, 0.15) is 46.8 Å². The van der Waals surface area contributed by atoms with E-state index in [1.165, 1.54) is 0 Å². The van der Waals surface area contributed by atoms with Crippen molar-refractivity contribution in [2.45, 2.75) is 59.7 Å². The third-order valence-electron chi connectivity index (χ3n) is 3.53. The molecule has 6 heteroatoms. The molecule has 1 rings (SSSR count). The predicted octanol–water partition coefficient (Wildman–Crippen LogP) is 3.46. The Bertz CT molecular complexity index is 410. The summed E-state index contributed by atoms with van der Waals surface area (Å²) in [5.41, 5.74) is 0. The monoisotopic (exact) mass is 436 g/mol. The summed E-state index contributed by atoms with van der Waals surface area (Å²) in [6.45, 7) is 14.5. The zero-order chi connectivity index (χ0) is 16.4. The topological polar surface area (TPSA) is 52.8 Å². The van der Waals surface area contributed by atoms with Crippen LogP contribution in [0.5, 0.6) is 0 Å². The summed E-state index contributed by atoms with van der Waals surface area (Å²) >= 11 is 0. The first-order valence-corrected chi connectivity index (χ1v) is 8.34. The molecule has 1 aromatic rings. The van der Waals surface area contributed by atoms with Crippen molar-refractivity contribution in [2.24, 2.45) is 4.99 Å². The van der Waals surface area contributed by atoms with E-state index >= 15 is 0 Å². The highest BCUT2D eigenvalue weighted by atomic mass is 127. The van der Waals surface area contributed by atoms with Gasteiger partial charge < -0.3 is 15.1 Å². The molecule has 134 valence electrons. The van der Waals surface area contributed by atoms with Gasteiger partial charge in [0.15, 0.2) is 5.96 Å². The van der Waals surface area contributed by atoms with Crippen molar-refractivity contribution >= 4 is 29.9 Å². The van der Waals surface area contributed by atoms with Crippen LogP contribution < -0.4 is 10.6 Å². The summed E-state index contributed by atoms with van der Waals surface area (Å²) in [7, 11) is 0. The lowest BCUT2D eigenvalue weighted by molar-refractivity contribution is 0.173. The molecule has 1 aromatic heterocycles. The molecule has 0 radical (unpaired) electrons. The Morgan fingerprint density at radius 1 is 1.22 bits per heavy atom. The van der Waals surface area contributed by atoms with E-state index in [0.29, 0.717) is 18.6 Å². The van der Waals surface area contributed by atoms with Crippen molar-refractivity contribution in [3.05, 3.63) is 24.2 Å². The van der Waals surface area contributed by atoms with Gasteiger partial charge in [-0.25, -0.2) is 4.99 Å². The van der Waals surface area contributed by atoms with Gasteiger partial charge in [-0.2, -0.15) is 0 Å². The minimum Gasteiger partial charge on any atom is -0.467 e. The Balaban J connectivity index is 0.00000484. The molecule has 2 N–H and O–H groups in total. The third kappa shape index (κ3) is 9.20. The number of hydrogen-bond donors (Lipinski definition) is 2. The second kappa shape index (κ2) is 12.6.